The molecule has 96 valence electrons. The molecule has 0 aromatic heterocycles. The van der Waals surface area contributed by atoms with Gasteiger partial charge in [-0.3, -0.25) is 8.22 Å². The van der Waals surface area contributed by atoms with Gasteiger partial charge in [-0.05, 0) is 19.3 Å². The minimum Gasteiger partial charge on any atom is -0.270 e. The van der Waals surface area contributed by atoms with Crippen LogP contribution in [-0.2, 0) is 0 Å². The summed E-state index contributed by atoms with van der Waals surface area (Å²) in [6.45, 7) is 3.93. The van der Waals surface area contributed by atoms with Gasteiger partial charge < -0.3 is 0 Å². The number of unbranched alkanes of at least 4 members (excludes halogenated alkanes) is 2. The van der Waals surface area contributed by atoms with E-state index in [1.165, 1.54) is 6.42 Å². The number of hydrogen-bond acceptors (Lipinski definition) is 0. The van der Waals surface area contributed by atoms with Crippen LogP contribution in [0.5, 0.6) is 0 Å². The fourth-order valence-electron chi connectivity index (χ4n) is 2.78. The molecule has 1 aliphatic rings. The number of hydrogen-bond donors (Lipinski definition) is 0. The lowest BCUT2D eigenvalue weighted by Gasteiger charge is -2.31. The predicted molar refractivity (Wildman–Crippen MR) is 68.4 cm³/mol. The molecule has 0 amide bonds. The molecule has 1 aliphatic carbocycles. The average molecular weight is 248 g/mol. The van der Waals surface area contributed by atoms with E-state index < -0.39 is 8.74 Å². The van der Waals surface area contributed by atoms with Crippen molar-refractivity contribution < 1.29 is 8.22 Å². The Hall–Kier alpha value is 0.0769. The maximum atomic E-state index is 14.3. The van der Waals surface area contributed by atoms with Gasteiger partial charge in [0.05, 0.1) is 0 Å². The number of halogens is 2. The van der Waals surface area contributed by atoms with Gasteiger partial charge in [0.1, 0.15) is 0 Å². The van der Waals surface area contributed by atoms with Crippen molar-refractivity contribution in [3.63, 3.8) is 0 Å². The van der Waals surface area contributed by atoms with Crippen molar-refractivity contribution in [2.45, 2.75) is 82.7 Å². The van der Waals surface area contributed by atoms with E-state index in [0.29, 0.717) is 0 Å². The highest BCUT2D eigenvalue weighted by atomic mass is 28.4. The van der Waals surface area contributed by atoms with E-state index >= 15 is 0 Å². The Bertz CT molecular complexity index is 188. The van der Waals surface area contributed by atoms with Gasteiger partial charge in [0.25, 0.3) is 0 Å². The summed E-state index contributed by atoms with van der Waals surface area (Å²) < 4.78 is 28.5. The smallest absolute Gasteiger partial charge is 0.270 e. The zero-order valence-corrected chi connectivity index (χ0v) is 11.8. The predicted octanol–water partition coefficient (Wildman–Crippen LogP) is 5.67. The van der Waals surface area contributed by atoms with Crippen molar-refractivity contribution >= 4 is 8.74 Å². The first-order chi connectivity index (χ1) is 7.59. The van der Waals surface area contributed by atoms with E-state index in [1.54, 1.807) is 6.92 Å². The molecular weight excluding hydrogens is 222 g/mol. The molecule has 0 bridgehead atoms. The van der Waals surface area contributed by atoms with Crippen LogP contribution in [0, 0.1) is 0 Å². The summed E-state index contributed by atoms with van der Waals surface area (Å²) in [5.41, 5.74) is -0.486. The molecule has 0 heterocycles. The monoisotopic (exact) mass is 248 g/mol. The standard InChI is InChI=1S/C13H26F2Si/c1-3-4-6-9-12(2)16(14,15)13-10-7-5-8-11-13/h12-13H,3-11H2,1-2H3. The van der Waals surface area contributed by atoms with E-state index in [0.717, 1.165) is 51.4 Å². The largest absolute Gasteiger partial charge is 0.430 e. The Morgan fingerprint density at radius 3 is 2.31 bits per heavy atom. The van der Waals surface area contributed by atoms with Gasteiger partial charge in [-0.2, -0.15) is 0 Å². The van der Waals surface area contributed by atoms with E-state index in [4.69, 9.17) is 0 Å². The molecule has 0 saturated heterocycles. The third-order valence-electron chi connectivity index (χ3n) is 4.05. The molecule has 1 atom stereocenters. The third kappa shape index (κ3) is 3.83. The molecule has 0 aromatic carbocycles. The third-order valence-corrected chi connectivity index (χ3v) is 7.32. The van der Waals surface area contributed by atoms with E-state index in [-0.39, 0.29) is 11.1 Å². The summed E-state index contributed by atoms with van der Waals surface area (Å²) in [6, 6.07) is 0. The summed E-state index contributed by atoms with van der Waals surface area (Å²) in [5.74, 6) is 0. The topological polar surface area (TPSA) is 0 Å². The summed E-state index contributed by atoms with van der Waals surface area (Å²) in [4.78, 5) is 0. The van der Waals surface area contributed by atoms with E-state index in [2.05, 4.69) is 6.92 Å². The molecule has 0 radical (unpaired) electrons. The van der Waals surface area contributed by atoms with Crippen LogP contribution in [0.2, 0.25) is 11.1 Å². The lowest BCUT2D eigenvalue weighted by Crippen LogP contribution is -2.35. The van der Waals surface area contributed by atoms with Crippen LogP contribution in [0.3, 0.4) is 0 Å². The summed E-state index contributed by atoms with van der Waals surface area (Å²) in [5, 5.41) is 0. The van der Waals surface area contributed by atoms with E-state index in [9.17, 15) is 8.22 Å². The minimum atomic E-state index is -3.96. The normalized spacial score (nSPS) is 21.0. The first-order valence-corrected chi connectivity index (χ1v) is 8.88. The average Bonchev–Trinajstić information content (AvgIpc) is 2.30. The van der Waals surface area contributed by atoms with Gasteiger partial charge in [-0.1, -0.05) is 52.4 Å². The molecular formula is C13H26F2Si. The summed E-state index contributed by atoms with van der Waals surface area (Å²) in [7, 11) is -3.96. The highest BCUT2D eigenvalue weighted by Crippen LogP contribution is 2.45. The molecule has 0 N–H and O–H groups in total. The Morgan fingerprint density at radius 1 is 1.12 bits per heavy atom. The quantitative estimate of drug-likeness (QED) is 0.322. The molecule has 3 heteroatoms. The Kier molecular flexibility index (Phi) is 5.94. The molecule has 1 rings (SSSR count). The van der Waals surface area contributed by atoms with Crippen molar-refractivity contribution in [2.75, 3.05) is 0 Å². The van der Waals surface area contributed by atoms with Crippen molar-refractivity contribution in [2.24, 2.45) is 0 Å². The number of rotatable bonds is 6. The van der Waals surface area contributed by atoms with Crippen molar-refractivity contribution in [3.05, 3.63) is 0 Å². The van der Waals surface area contributed by atoms with Crippen molar-refractivity contribution in [1.29, 1.82) is 0 Å². The molecule has 1 unspecified atom stereocenters. The SMILES string of the molecule is CCCCCC(C)[Si](F)(F)C1CCCCC1. The maximum absolute atomic E-state index is 14.3. The Labute approximate surface area is 100 Å². The Morgan fingerprint density at radius 2 is 1.75 bits per heavy atom. The van der Waals surface area contributed by atoms with Gasteiger partial charge in [0.2, 0.25) is 0 Å². The highest BCUT2D eigenvalue weighted by Gasteiger charge is 2.49. The van der Waals surface area contributed by atoms with Crippen LogP contribution in [0.25, 0.3) is 0 Å². The lowest BCUT2D eigenvalue weighted by atomic mass is 10.0. The van der Waals surface area contributed by atoms with Gasteiger partial charge in [-0.25, -0.2) is 0 Å². The molecule has 0 aromatic rings. The van der Waals surface area contributed by atoms with Crippen molar-refractivity contribution in [3.8, 4) is 0 Å². The molecule has 0 spiro atoms. The maximum Gasteiger partial charge on any atom is 0.430 e. The Balaban J connectivity index is 2.40. The fraction of sp³-hybridized carbons (Fsp3) is 1.00. The molecule has 16 heavy (non-hydrogen) atoms. The summed E-state index contributed by atoms with van der Waals surface area (Å²) >= 11 is 0. The zero-order valence-electron chi connectivity index (χ0n) is 10.8. The lowest BCUT2D eigenvalue weighted by molar-refractivity contribution is 0.410. The molecule has 0 nitrogen and oxygen atoms in total. The molecule has 1 saturated carbocycles. The summed E-state index contributed by atoms with van der Waals surface area (Å²) in [6.07, 6.45) is 8.84. The fourth-order valence-corrected chi connectivity index (χ4v) is 5.35. The van der Waals surface area contributed by atoms with Crippen molar-refractivity contribution in [1.82, 2.24) is 0 Å². The van der Waals surface area contributed by atoms with Crippen LogP contribution in [0.4, 0.5) is 8.22 Å². The van der Waals surface area contributed by atoms with Crippen LogP contribution < -0.4 is 0 Å². The second kappa shape index (κ2) is 6.73. The van der Waals surface area contributed by atoms with Gasteiger partial charge in [0, 0.05) is 11.1 Å². The van der Waals surface area contributed by atoms with Crippen LogP contribution >= 0.6 is 0 Å². The van der Waals surface area contributed by atoms with Gasteiger partial charge in [-0.15, -0.1) is 0 Å². The second-order valence-corrected chi connectivity index (χ2v) is 8.56. The van der Waals surface area contributed by atoms with Crippen LogP contribution in [0.15, 0.2) is 0 Å². The van der Waals surface area contributed by atoms with Crippen LogP contribution in [0.1, 0.15) is 71.6 Å². The van der Waals surface area contributed by atoms with Gasteiger partial charge >= 0.3 is 8.74 Å². The first kappa shape index (κ1) is 14.1. The van der Waals surface area contributed by atoms with Crippen LogP contribution in [-0.4, -0.2) is 8.74 Å². The first-order valence-electron chi connectivity index (χ1n) is 6.96. The highest BCUT2D eigenvalue weighted by molar-refractivity contribution is 6.69. The van der Waals surface area contributed by atoms with E-state index in [1.807, 2.05) is 0 Å². The minimum absolute atomic E-state index is 0.196. The molecule has 0 aliphatic heterocycles. The second-order valence-electron chi connectivity index (χ2n) is 5.41. The molecule has 1 fully saturated rings. The van der Waals surface area contributed by atoms with Gasteiger partial charge in [0.15, 0.2) is 0 Å². The zero-order chi connectivity index (χ0) is 12.0.